The Labute approximate surface area is 198 Å². The van der Waals surface area contributed by atoms with Gasteiger partial charge >= 0.3 is 5.97 Å². The quantitative estimate of drug-likeness (QED) is 0.510. The van der Waals surface area contributed by atoms with Crippen LogP contribution in [-0.4, -0.2) is 42.1 Å². The van der Waals surface area contributed by atoms with Crippen LogP contribution in [-0.2, 0) is 25.7 Å². The van der Waals surface area contributed by atoms with Gasteiger partial charge in [0.2, 0.25) is 5.91 Å². The zero-order chi connectivity index (χ0) is 23.3. The lowest BCUT2D eigenvalue weighted by Gasteiger charge is -2.33. The summed E-state index contributed by atoms with van der Waals surface area (Å²) in [7, 11) is 0. The van der Waals surface area contributed by atoms with Crippen LogP contribution >= 0.6 is 23.2 Å². The second kappa shape index (κ2) is 10.6. The van der Waals surface area contributed by atoms with Gasteiger partial charge in [0, 0.05) is 22.2 Å². The van der Waals surface area contributed by atoms with E-state index >= 15 is 0 Å². The van der Waals surface area contributed by atoms with Crippen molar-refractivity contribution in [1.82, 2.24) is 4.90 Å². The molecule has 1 unspecified atom stereocenters. The monoisotopic (exact) mass is 479 g/mol. The van der Waals surface area contributed by atoms with Crippen LogP contribution in [0.1, 0.15) is 44.4 Å². The fourth-order valence-electron chi connectivity index (χ4n) is 3.26. The second-order valence-electron chi connectivity index (χ2n) is 8.53. The summed E-state index contributed by atoms with van der Waals surface area (Å²) in [6, 6.07) is 12.8. The smallest absolute Gasteiger partial charge is 0.308 e. The molecule has 2 aromatic carbocycles. The van der Waals surface area contributed by atoms with Crippen LogP contribution in [0.5, 0.6) is 5.75 Å². The zero-order valence-corrected chi connectivity index (χ0v) is 19.9. The molecule has 0 bridgehead atoms. The molecule has 2 aromatic rings. The summed E-state index contributed by atoms with van der Waals surface area (Å²) in [5.41, 5.74) is 1.10. The lowest BCUT2D eigenvalue weighted by molar-refractivity contribution is -0.157. The molecule has 0 radical (unpaired) electrons. The van der Waals surface area contributed by atoms with Crippen molar-refractivity contribution >= 4 is 35.1 Å². The molecule has 1 atom stereocenters. The van der Waals surface area contributed by atoms with Gasteiger partial charge in [0.05, 0.1) is 13.0 Å². The summed E-state index contributed by atoms with van der Waals surface area (Å²) in [5.74, 6) is 0.202. The van der Waals surface area contributed by atoms with Crippen molar-refractivity contribution in [2.24, 2.45) is 0 Å². The maximum absolute atomic E-state index is 12.2. The first-order chi connectivity index (χ1) is 15.1. The van der Waals surface area contributed by atoms with E-state index in [0.29, 0.717) is 28.9 Å². The van der Waals surface area contributed by atoms with Gasteiger partial charge in [-0.3, -0.25) is 9.59 Å². The summed E-state index contributed by atoms with van der Waals surface area (Å²) in [6.45, 7) is 6.35. The molecule has 32 heavy (non-hydrogen) atoms. The van der Waals surface area contributed by atoms with E-state index in [0.717, 1.165) is 11.1 Å². The number of halogens is 2. The van der Waals surface area contributed by atoms with Crippen LogP contribution in [0, 0.1) is 0 Å². The van der Waals surface area contributed by atoms with Crippen molar-refractivity contribution in [3.8, 4) is 5.75 Å². The molecule has 172 valence electrons. The molecule has 0 aromatic heterocycles. The molecule has 1 aliphatic rings. The van der Waals surface area contributed by atoms with Gasteiger partial charge in [-0.15, -0.1) is 0 Å². The molecule has 0 N–H and O–H groups in total. The minimum atomic E-state index is -0.546. The number of ether oxygens (including phenoxy) is 3. The van der Waals surface area contributed by atoms with Gasteiger partial charge in [-0.2, -0.15) is 0 Å². The molecule has 0 saturated carbocycles. The Morgan fingerprint density at radius 1 is 1.12 bits per heavy atom. The van der Waals surface area contributed by atoms with Crippen molar-refractivity contribution in [1.29, 1.82) is 0 Å². The number of carbonyl (C=O) groups excluding carboxylic acids is 2. The molecule has 1 amide bonds. The van der Waals surface area contributed by atoms with E-state index in [4.69, 9.17) is 37.4 Å². The first kappa shape index (κ1) is 24.4. The predicted molar refractivity (Wildman–Crippen MR) is 123 cm³/mol. The molecule has 1 saturated heterocycles. The summed E-state index contributed by atoms with van der Waals surface area (Å²) < 4.78 is 16.8. The van der Waals surface area contributed by atoms with E-state index in [1.54, 1.807) is 23.1 Å². The van der Waals surface area contributed by atoms with Gasteiger partial charge < -0.3 is 19.1 Å². The number of nitrogens with zero attached hydrogens (tertiary/aromatic N) is 1. The SMILES string of the molecule is CC(C)(C)OC(=O)CCN1CC(c2ccc(OCc3c(Cl)cccc3Cl)cc2)OCC1=O. The lowest BCUT2D eigenvalue weighted by Crippen LogP contribution is -2.44. The third kappa shape index (κ3) is 6.86. The molecule has 1 fully saturated rings. The molecular weight excluding hydrogens is 453 g/mol. The first-order valence-electron chi connectivity index (χ1n) is 10.4. The lowest BCUT2D eigenvalue weighted by atomic mass is 10.1. The highest BCUT2D eigenvalue weighted by atomic mass is 35.5. The van der Waals surface area contributed by atoms with E-state index in [1.165, 1.54) is 0 Å². The third-order valence-corrected chi connectivity index (χ3v) is 5.56. The van der Waals surface area contributed by atoms with Crippen molar-refractivity contribution in [3.63, 3.8) is 0 Å². The summed E-state index contributed by atoms with van der Waals surface area (Å²) in [6.07, 6.45) is -0.133. The molecule has 0 spiro atoms. The van der Waals surface area contributed by atoms with Crippen molar-refractivity contribution in [2.75, 3.05) is 19.7 Å². The van der Waals surface area contributed by atoms with Gasteiger partial charge in [-0.1, -0.05) is 41.4 Å². The average Bonchev–Trinajstić information content (AvgIpc) is 2.72. The van der Waals surface area contributed by atoms with Crippen molar-refractivity contribution in [3.05, 3.63) is 63.6 Å². The minimum absolute atomic E-state index is 0.0256. The average molecular weight is 480 g/mol. The number of morpholine rings is 1. The van der Waals surface area contributed by atoms with Gasteiger partial charge in [0.25, 0.3) is 0 Å². The number of carbonyl (C=O) groups is 2. The van der Waals surface area contributed by atoms with E-state index in [9.17, 15) is 9.59 Å². The maximum atomic E-state index is 12.2. The molecule has 6 nitrogen and oxygen atoms in total. The van der Waals surface area contributed by atoms with Gasteiger partial charge in [-0.25, -0.2) is 0 Å². The number of hydrogen-bond donors (Lipinski definition) is 0. The number of esters is 1. The van der Waals surface area contributed by atoms with Crippen LogP contribution in [0.15, 0.2) is 42.5 Å². The first-order valence-corrected chi connectivity index (χ1v) is 11.1. The van der Waals surface area contributed by atoms with Crippen LogP contribution in [0.3, 0.4) is 0 Å². The molecule has 1 aliphatic heterocycles. The molecule has 1 heterocycles. The predicted octanol–water partition coefficient (Wildman–Crippen LogP) is 5.20. The Balaban J connectivity index is 1.56. The standard InChI is InChI=1S/C24H27Cl2NO5/c1-24(2,3)32-23(29)11-12-27-13-21(31-15-22(27)28)16-7-9-17(10-8-16)30-14-18-19(25)5-4-6-20(18)26/h4-10,21H,11-15H2,1-3H3. The normalized spacial score (nSPS) is 16.7. The van der Waals surface area contributed by atoms with E-state index in [2.05, 4.69) is 0 Å². The van der Waals surface area contributed by atoms with Crippen LogP contribution < -0.4 is 4.74 Å². The highest BCUT2D eigenvalue weighted by Crippen LogP contribution is 2.28. The molecule has 3 rings (SSSR count). The number of amides is 1. The Bertz CT molecular complexity index is 936. The van der Waals surface area contributed by atoms with Crippen molar-refractivity contribution in [2.45, 2.75) is 45.5 Å². The minimum Gasteiger partial charge on any atom is -0.489 e. The largest absolute Gasteiger partial charge is 0.489 e. The van der Waals surface area contributed by atoms with E-state index < -0.39 is 5.60 Å². The number of benzene rings is 2. The Morgan fingerprint density at radius 3 is 2.41 bits per heavy atom. The Morgan fingerprint density at radius 2 is 1.78 bits per heavy atom. The molecular formula is C24H27Cl2NO5. The second-order valence-corrected chi connectivity index (χ2v) is 9.35. The van der Waals surface area contributed by atoms with Gasteiger partial charge in [0.15, 0.2) is 0 Å². The summed E-state index contributed by atoms with van der Waals surface area (Å²) in [5, 5.41) is 1.11. The van der Waals surface area contributed by atoms with Crippen LogP contribution in [0.4, 0.5) is 0 Å². The topological polar surface area (TPSA) is 65.1 Å². The van der Waals surface area contributed by atoms with Crippen LogP contribution in [0.2, 0.25) is 10.0 Å². The maximum Gasteiger partial charge on any atom is 0.308 e. The highest BCUT2D eigenvalue weighted by Gasteiger charge is 2.28. The Hall–Kier alpha value is -2.28. The van der Waals surface area contributed by atoms with Gasteiger partial charge in [0.1, 0.15) is 30.7 Å². The number of rotatable bonds is 7. The van der Waals surface area contributed by atoms with E-state index in [-0.39, 0.29) is 37.6 Å². The zero-order valence-electron chi connectivity index (χ0n) is 18.4. The molecule has 8 heteroatoms. The van der Waals surface area contributed by atoms with E-state index in [1.807, 2.05) is 45.0 Å². The third-order valence-electron chi connectivity index (χ3n) is 4.85. The molecule has 0 aliphatic carbocycles. The summed E-state index contributed by atoms with van der Waals surface area (Å²) in [4.78, 5) is 25.8. The van der Waals surface area contributed by atoms with Gasteiger partial charge in [-0.05, 0) is 50.6 Å². The Kier molecular flexibility index (Phi) is 8.04. The number of hydrogen-bond acceptors (Lipinski definition) is 5. The summed E-state index contributed by atoms with van der Waals surface area (Å²) >= 11 is 12.4. The highest BCUT2D eigenvalue weighted by molar-refractivity contribution is 6.35. The fourth-order valence-corrected chi connectivity index (χ4v) is 3.77. The van der Waals surface area contributed by atoms with Crippen LogP contribution in [0.25, 0.3) is 0 Å². The fraction of sp³-hybridized carbons (Fsp3) is 0.417. The van der Waals surface area contributed by atoms with Crippen molar-refractivity contribution < 1.29 is 23.8 Å².